The normalized spacial score (nSPS) is 11.4. The summed E-state index contributed by atoms with van der Waals surface area (Å²) in [6.45, 7) is -0.609. The van der Waals surface area contributed by atoms with E-state index in [1.165, 1.54) is 18.5 Å². The Labute approximate surface area is 206 Å². The number of fused-ring (bicyclic) bond motifs is 1. The molecule has 13 heteroatoms. The standard InChI is InChI=1S/C24H20F3N5O5/c25-24(26,27)16-8-17-19(32(13-20(33)34)22(36)21(35)30-17)9-18(16)31-7-6-15(12-31)11-29-23(37)28-10-14-4-2-1-3-5-14/h1-9,12H,10-11,13H2,(H,30,35)(H,33,34)(H2,28,29,37). The van der Waals surface area contributed by atoms with Gasteiger partial charge in [-0.05, 0) is 29.3 Å². The summed E-state index contributed by atoms with van der Waals surface area (Å²) in [5, 5.41) is 14.4. The molecule has 10 nitrogen and oxygen atoms in total. The minimum atomic E-state index is -4.84. The van der Waals surface area contributed by atoms with E-state index in [0.717, 1.165) is 16.2 Å². The Morgan fingerprint density at radius 3 is 2.30 bits per heavy atom. The minimum absolute atomic E-state index is 0.0135. The number of aromatic nitrogens is 3. The molecular formula is C24H20F3N5O5. The first-order valence-electron chi connectivity index (χ1n) is 10.9. The Kier molecular flexibility index (Phi) is 6.87. The largest absolute Gasteiger partial charge is 0.480 e. The van der Waals surface area contributed by atoms with Gasteiger partial charge in [0.1, 0.15) is 6.54 Å². The number of carboxylic acid groups (broad SMARTS) is 1. The molecule has 0 bridgehead atoms. The van der Waals surface area contributed by atoms with Gasteiger partial charge in [-0.1, -0.05) is 30.3 Å². The van der Waals surface area contributed by atoms with Crippen molar-refractivity contribution < 1.29 is 27.9 Å². The third-order valence-corrected chi connectivity index (χ3v) is 5.47. The number of rotatable bonds is 7. The fourth-order valence-electron chi connectivity index (χ4n) is 3.76. The third-order valence-electron chi connectivity index (χ3n) is 5.47. The van der Waals surface area contributed by atoms with Gasteiger partial charge in [0.25, 0.3) is 0 Å². The molecule has 0 radical (unpaired) electrons. The zero-order chi connectivity index (χ0) is 26.7. The van der Waals surface area contributed by atoms with Crippen LogP contribution in [0.4, 0.5) is 18.0 Å². The number of benzene rings is 2. The molecule has 0 spiro atoms. The number of aromatic amines is 1. The fourth-order valence-corrected chi connectivity index (χ4v) is 3.76. The molecule has 37 heavy (non-hydrogen) atoms. The number of nitrogens with zero attached hydrogens (tertiary/aromatic N) is 2. The van der Waals surface area contributed by atoms with E-state index in [-0.39, 0.29) is 17.6 Å². The molecule has 0 unspecified atom stereocenters. The van der Waals surface area contributed by atoms with Gasteiger partial charge in [-0.2, -0.15) is 13.2 Å². The Hall–Kier alpha value is -4.81. The van der Waals surface area contributed by atoms with Crippen molar-refractivity contribution in [3.8, 4) is 5.69 Å². The van der Waals surface area contributed by atoms with Gasteiger partial charge in [-0.25, -0.2) is 4.79 Å². The number of urea groups is 1. The number of hydrogen-bond donors (Lipinski definition) is 4. The number of nitrogens with one attached hydrogen (secondary N) is 3. The van der Waals surface area contributed by atoms with Gasteiger partial charge in [0.05, 0.1) is 22.3 Å². The first-order chi connectivity index (χ1) is 17.5. The van der Waals surface area contributed by atoms with Crippen molar-refractivity contribution >= 4 is 23.0 Å². The number of aliphatic carboxylic acids is 1. The van der Waals surface area contributed by atoms with E-state index >= 15 is 0 Å². The Morgan fingerprint density at radius 2 is 1.65 bits per heavy atom. The van der Waals surface area contributed by atoms with E-state index in [1.807, 2.05) is 30.3 Å². The van der Waals surface area contributed by atoms with Gasteiger partial charge in [0, 0.05) is 25.5 Å². The molecule has 192 valence electrons. The summed E-state index contributed by atoms with van der Waals surface area (Å²) in [6, 6.07) is 11.9. The van der Waals surface area contributed by atoms with Crippen LogP contribution in [0.25, 0.3) is 16.7 Å². The third kappa shape index (κ3) is 5.72. The summed E-state index contributed by atoms with van der Waals surface area (Å²) < 4.78 is 43.5. The molecule has 0 aliphatic carbocycles. The van der Waals surface area contributed by atoms with Gasteiger partial charge in [-0.3, -0.25) is 19.0 Å². The van der Waals surface area contributed by atoms with Crippen molar-refractivity contribution in [1.29, 1.82) is 0 Å². The van der Waals surface area contributed by atoms with Crippen LogP contribution in [0.2, 0.25) is 0 Å². The molecule has 4 rings (SSSR count). The zero-order valence-corrected chi connectivity index (χ0v) is 19.0. The second kappa shape index (κ2) is 10.0. The summed E-state index contributed by atoms with van der Waals surface area (Å²) in [5.41, 5.74) is -3.13. The van der Waals surface area contributed by atoms with Crippen molar-refractivity contribution in [1.82, 2.24) is 24.8 Å². The number of carbonyl (C=O) groups is 2. The lowest BCUT2D eigenvalue weighted by Crippen LogP contribution is -2.38. The van der Waals surface area contributed by atoms with E-state index in [4.69, 9.17) is 5.11 Å². The van der Waals surface area contributed by atoms with Crippen molar-refractivity contribution in [3.63, 3.8) is 0 Å². The van der Waals surface area contributed by atoms with Crippen molar-refractivity contribution in [2.45, 2.75) is 25.8 Å². The van der Waals surface area contributed by atoms with Crippen LogP contribution in [0.1, 0.15) is 16.7 Å². The maximum absolute atomic E-state index is 13.9. The molecule has 4 aromatic rings. The molecule has 2 aromatic carbocycles. The second-order valence-electron chi connectivity index (χ2n) is 8.07. The van der Waals surface area contributed by atoms with E-state index < -0.39 is 47.1 Å². The smallest absolute Gasteiger partial charge is 0.418 e. The topological polar surface area (TPSA) is 138 Å². The van der Waals surface area contributed by atoms with Gasteiger partial charge in [-0.15, -0.1) is 0 Å². The molecule has 0 aliphatic rings. The van der Waals surface area contributed by atoms with Crippen LogP contribution < -0.4 is 21.8 Å². The van der Waals surface area contributed by atoms with E-state index in [2.05, 4.69) is 15.6 Å². The van der Waals surface area contributed by atoms with Crippen LogP contribution in [0.15, 0.2) is 70.5 Å². The number of halogens is 3. The molecule has 0 aliphatic heterocycles. The van der Waals surface area contributed by atoms with Gasteiger partial charge in [0.15, 0.2) is 0 Å². The van der Waals surface area contributed by atoms with Gasteiger partial charge in [0.2, 0.25) is 0 Å². The van der Waals surface area contributed by atoms with E-state index in [0.29, 0.717) is 22.7 Å². The Balaban J connectivity index is 1.63. The summed E-state index contributed by atoms with van der Waals surface area (Å²) in [4.78, 5) is 49.5. The Bertz CT molecular complexity index is 1590. The maximum Gasteiger partial charge on any atom is 0.418 e. The maximum atomic E-state index is 13.9. The minimum Gasteiger partial charge on any atom is -0.480 e. The molecule has 0 atom stereocenters. The molecule has 2 aromatic heterocycles. The highest BCUT2D eigenvalue weighted by Crippen LogP contribution is 2.36. The highest BCUT2D eigenvalue weighted by molar-refractivity contribution is 5.81. The lowest BCUT2D eigenvalue weighted by Gasteiger charge is -2.17. The lowest BCUT2D eigenvalue weighted by atomic mass is 10.1. The summed E-state index contributed by atoms with van der Waals surface area (Å²) in [7, 11) is 0. The van der Waals surface area contributed by atoms with Gasteiger partial charge < -0.3 is 25.3 Å². The van der Waals surface area contributed by atoms with Crippen molar-refractivity contribution in [2.75, 3.05) is 0 Å². The Morgan fingerprint density at radius 1 is 0.973 bits per heavy atom. The molecular weight excluding hydrogens is 495 g/mol. The number of alkyl halides is 3. The molecule has 2 amide bonds. The monoisotopic (exact) mass is 515 g/mol. The average Bonchev–Trinajstić information content (AvgIpc) is 3.32. The zero-order valence-electron chi connectivity index (χ0n) is 19.0. The van der Waals surface area contributed by atoms with Crippen LogP contribution >= 0.6 is 0 Å². The molecule has 4 N–H and O–H groups in total. The lowest BCUT2D eigenvalue weighted by molar-refractivity contribution is -0.138. The quantitative estimate of drug-likeness (QED) is 0.280. The highest BCUT2D eigenvalue weighted by Gasteiger charge is 2.35. The SMILES string of the molecule is O=C(O)Cn1c(=O)c(=O)[nH]c2cc(C(F)(F)F)c(-n3ccc(CNC(=O)NCc4ccccc4)c3)cc21. The molecule has 0 saturated carbocycles. The highest BCUT2D eigenvalue weighted by atomic mass is 19.4. The van der Waals surface area contributed by atoms with Crippen LogP contribution in [0, 0.1) is 0 Å². The van der Waals surface area contributed by atoms with Crippen LogP contribution in [-0.4, -0.2) is 31.2 Å². The first-order valence-corrected chi connectivity index (χ1v) is 10.9. The first kappa shape index (κ1) is 25.3. The number of carboxylic acids is 1. The molecule has 2 heterocycles. The van der Waals surface area contributed by atoms with Gasteiger partial charge >= 0.3 is 29.3 Å². The molecule has 0 saturated heterocycles. The molecule has 0 fully saturated rings. The van der Waals surface area contributed by atoms with Crippen LogP contribution in [0.5, 0.6) is 0 Å². The predicted molar refractivity (Wildman–Crippen MR) is 126 cm³/mol. The van der Waals surface area contributed by atoms with Crippen molar-refractivity contribution in [3.05, 3.63) is 98.3 Å². The fraction of sp³-hybridized carbons (Fsp3) is 0.167. The second-order valence-corrected chi connectivity index (χ2v) is 8.07. The summed E-state index contributed by atoms with van der Waals surface area (Å²) in [6.07, 6.45) is -2.14. The number of H-pyrrole nitrogens is 1. The van der Waals surface area contributed by atoms with Crippen LogP contribution in [0.3, 0.4) is 0 Å². The number of amides is 2. The number of carbonyl (C=O) groups excluding carboxylic acids is 1. The average molecular weight is 515 g/mol. The predicted octanol–water partition coefficient (Wildman–Crippen LogP) is 2.58. The van der Waals surface area contributed by atoms with Crippen LogP contribution in [-0.2, 0) is 30.6 Å². The summed E-state index contributed by atoms with van der Waals surface area (Å²) >= 11 is 0. The number of hydrogen-bond acceptors (Lipinski definition) is 4. The van der Waals surface area contributed by atoms with E-state index in [9.17, 15) is 32.3 Å². The van der Waals surface area contributed by atoms with E-state index in [1.54, 1.807) is 0 Å². The summed E-state index contributed by atoms with van der Waals surface area (Å²) in [5.74, 6) is -1.45. The van der Waals surface area contributed by atoms with Crippen molar-refractivity contribution in [2.24, 2.45) is 0 Å².